The fraction of sp³-hybridized carbons (Fsp3) is 0.462. The molecule has 19 heavy (non-hydrogen) atoms. The predicted octanol–water partition coefficient (Wildman–Crippen LogP) is 0.503. The second-order valence-electron chi connectivity index (χ2n) is 4.94. The molecule has 2 atom stereocenters. The minimum absolute atomic E-state index is 0.0285. The van der Waals surface area contributed by atoms with Gasteiger partial charge in [0.05, 0.1) is 6.61 Å². The molecule has 5 nitrogen and oxygen atoms in total. The summed E-state index contributed by atoms with van der Waals surface area (Å²) < 4.78 is 5.51. The van der Waals surface area contributed by atoms with Crippen molar-refractivity contribution in [3.05, 3.63) is 28.8 Å². The van der Waals surface area contributed by atoms with Gasteiger partial charge in [-0.1, -0.05) is 11.6 Å². The van der Waals surface area contributed by atoms with E-state index in [0.717, 1.165) is 5.56 Å². The number of aliphatic hydroxyl groups is 2. The van der Waals surface area contributed by atoms with Crippen molar-refractivity contribution in [1.29, 1.82) is 0 Å². The maximum atomic E-state index is 11.9. The third-order valence-corrected chi connectivity index (χ3v) is 3.21. The van der Waals surface area contributed by atoms with Crippen molar-refractivity contribution in [2.45, 2.75) is 25.0 Å². The minimum Gasteiger partial charge on any atom is -0.480 e. The molecule has 1 aromatic rings. The van der Waals surface area contributed by atoms with Crippen molar-refractivity contribution >= 4 is 17.5 Å². The smallest absolute Gasteiger partial charge is 0.261 e. The third-order valence-electron chi connectivity index (χ3n) is 2.97. The molecule has 0 aromatic heterocycles. The summed E-state index contributed by atoms with van der Waals surface area (Å²) in [6, 6.07) is 5.21. The van der Waals surface area contributed by atoms with Gasteiger partial charge in [-0.3, -0.25) is 4.79 Å². The van der Waals surface area contributed by atoms with Crippen molar-refractivity contribution in [3.63, 3.8) is 0 Å². The largest absolute Gasteiger partial charge is 0.480 e. The van der Waals surface area contributed by atoms with Crippen molar-refractivity contribution in [2.75, 3.05) is 13.2 Å². The average Bonchev–Trinajstić information content (AvgIpc) is 2.79. The number of carbonyl (C=O) groups is 1. The van der Waals surface area contributed by atoms with Crippen LogP contribution in [-0.4, -0.2) is 41.0 Å². The van der Waals surface area contributed by atoms with Crippen LogP contribution in [-0.2, 0) is 11.2 Å². The summed E-state index contributed by atoms with van der Waals surface area (Å²) >= 11 is 5.87. The maximum Gasteiger partial charge on any atom is 0.261 e. The number of carbonyl (C=O) groups excluding carboxylic acids is 1. The standard InChI is InChI=1S/C13H16ClNO4/c1-13(18,7-16)6-15-12(17)11-5-8-4-9(14)2-3-10(8)19-11/h2-4,11,16,18H,5-7H2,1H3,(H,15,17). The summed E-state index contributed by atoms with van der Waals surface area (Å²) in [7, 11) is 0. The molecule has 1 aliphatic rings. The molecule has 0 saturated heterocycles. The van der Waals surface area contributed by atoms with Gasteiger partial charge in [0, 0.05) is 18.0 Å². The summed E-state index contributed by atoms with van der Waals surface area (Å²) in [6.07, 6.45) is -0.175. The molecule has 1 amide bonds. The number of benzene rings is 1. The van der Waals surface area contributed by atoms with E-state index in [2.05, 4.69) is 5.32 Å². The predicted molar refractivity (Wildman–Crippen MR) is 70.3 cm³/mol. The van der Waals surface area contributed by atoms with E-state index in [1.807, 2.05) is 0 Å². The van der Waals surface area contributed by atoms with E-state index in [-0.39, 0.29) is 12.5 Å². The van der Waals surface area contributed by atoms with Crippen LogP contribution in [0.5, 0.6) is 5.75 Å². The van der Waals surface area contributed by atoms with Gasteiger partial charge in [0.1, 0.15) is 11.4 Å². The first-order chi connectivity index (χ1) is 8.91. The molecule has 1 heterocycles. The van der Waals surface area contributed by atoms with Crippen LogP contribution < -0.4 is 10.1 Å². The lowest BCUT2D eigenvalue weighted by Gasteiger charge is -2.21. The number of nitrogens with one attached hydrogen (secondary N) is 1. The highest BCUT2D eigenvalue weighted by atomic mass is 35.5. The first kappa shape index (κ1) is 14.1. The van der Waals surface area contributed by atoms with E-state index in [1.54, 1.807) is 18.2 Å². The average molecular weight is 286 g/mol. The zero-order valence-corrected chi connectivity index (χ0v) is 11.3. The number of hydrogen-bond donors (Lipinski definition) is 3. The van der Waals surface area contributed by atoms with E-state index in [1.165, 1.54) is 6.92 Å². The Labute approximate surface area is 116 Å². The molecule has 0 fully saturated rings. The van der Waals surface area contributed by atoms with Crippen LogP contribution in [0, 0.1) is 0 Å². The quantitative estimate of drug-likeness (QED) is 0.753. The van der Waals surface area contributed by atoms with Crippen molar-refractivity contribution < 1.29 is 19.7 Å². The van der Waals surface area contributed by atoms with E-state index in [9.17, 15) is 9.90 Å². The Bertz CT molecular complexity index is 490. The molecule has 0 bridgehead atoms. The second-order valence-corrected chi connectivity index (χ2v) is 5.37. The highest BCUT2D eigenvalue weighted by Crippen LogP contribution is 2.31. The molecule has 2 unspecified atom stereocenters. The lowest BCUT2D eigenvalue weighted by Crippen LogP contribution is -2.47. The van der Waals surface area contributed by atoms with Crippen molar-refractivity contribution in [1.82, 2.24) is 5.32 Å². The molecule has 0 aliphatic carbocycles. The Morgan fingerprint density at radius 2 is 2.37 bits per heavy atom. The Hall–Kier alpha value is -1.30. The zero-order chi connectivity index (χ0) is 14.0. The number of amides is 1. The van der Waals surface area contributed by atoms with E-state index in [4.69, 9.17) is 21.4 Å². The summed E-state index contributed by atoms with van der Waals surface area (Å²) in [5.41, 5.74) is -0.439. The highest BCUT2D eigenvalue weighted by molar-refractivity contribution is 6.30. The van der Waals surface area contributed by atoms with Gasteiger partial charge >= 0.3 is 0 Å². The van der Waals surface area contributed by atoms with Crippen LogP contribution in [0.25, 0.3) is 0 Å². The number of hydrogen-bond acceptors (Lipinski definition) is 4. The zero-order valence-electron chi connectivity index (χ0n) is 10.5. The fourth-order valence-corrected chi connectivity index (χ4v) is 2.01. The first-order valence-corrected chi connectivity index (χ1v) is 6.35. The van der Waals surface area contributed by atoms with Gasteiger partial charge in [-0.15, -0.1) is 0 Å². The van der Waals surface area contributed by atoms with Gasteiger partial charge in [0.25, 0.3) is 5.91 Å². The summed E-state index contributed by atoms with van der Waals surface area (Å²) in [5.74, 6) is 0.333. The van der Waals surface area contributed by atoms with Gasteiger partial charge in [-0.2, -0.15) is 0 Å². The fourth-order valence-electron chi connectivity index (χ4n) is 1.81. The van der Waals surface area contributed by atoms with E-state index in [0.29, 0.717) is 17.2 Å². The van der Waals surface area contributed by atoms with Gasteiger partial charge in [0.15, 0.2) is 6.10 Å². The molecule has 1 aliphatic heterocycles. The van der Waals surface area contributed by atoms with Crippen LogP contribution in [0.15, 0.2) is 18.2 Å². The monoisotopic (exact) mass is 285 g/mol. The normalized spacial score (nSPS) is 20.3. The van der Waals surface area contributed by atoms with Gasteiger partial charge in [0.2, 0.25) is 0 Å². The topological polar surface area (TPSA) is 78.8 Å². The van der Waals surface area contributed by atoms with Crippen LogP contribution in [0.2, 0.25) is 5.02 Å². The van der Waals surface area contributed by atoms with Crippen LogP contribution in [0.1, 0.15) is 12.5 Å². The molecule has 1 aromatic carbocycles. The molecule has 104 valence electrons. The molecule has 0 spiro atoms. The number of fused-ring (bicyclic) bond motifs is 1. The lowest BCUT2D eigenvalue weighted by molar-refractivity contribution is -0.128. The SMILES string of the molecule is CC(O)(CO)CNC(=O)C1Cc2cc(Cl)ccc2O1. The highest BCUT2D eigenvalue weighted by Gasteiger charge is 2.30. The number of aliphatic hydroxyl groups excluding tert-OH is 1. The minimum atomic E-state index is -1.33. The maximum absolute atomic E-state index is 11.9. The summed E-state index contributed by atoms with van der Waals surface area (Å²) in [6.45, 7) is 0.991. The van der Waals surface area contributed by atoms with Crippen LogP contribution >= 0.6 is 11.6 Å². The van der Waals surface area contributed by atoms with Gasteiger partial charge in [-0.05, 0) is 30.7 Å². The molecule has 3 N–H and O–H groups in total. The summed E-state index contributed by atoms with van der Waals surface area (Å²) in [5, 5.41) is 21.7. The third kappa shape index (κ3) is 3.37. The second kappa shape index (κ2) is 5.36. The van der Waals surface area contributed by atoms with E-state index < -0.39 is 18.3 Å². The van der Waals surface area contributed by atoms with Crippen LogP contribution in [0.3, 0.4) is 0 Å². The first-order valence-electron chi connectivity index (χ1n) is 5.97. The Morgan fingerprint density at radius 3 is 3.05 bits per heavy atom. The van der Waals surface area contributed by atoms with Crippen LogP contribution in [0.4, 0.5) is 0 Å². The van der Waals surface area contributed by atoms with Crippen molar-refractivity contribution in [3.8, 4) is 5.75 Å². The molecular formula is C13H16ClNO4. The number of ether oxygens (including phenoxy) is 1. The lowest BCUT2D eigenvalue weighted by atomic mass is 10.1. The molecule has 0 radical (unpaired) electrons. The van der Waals surface area contributed by atoms with Crippen molar-refractivity contribution in [2.24, 2.45) is 0 Å². The Morgan fingerprint density at radius 1 is 1.63 bits per heavy atom. The van der Waals surface area contributed by atoms with Gasteiger partial charge < -0.3 is 20.3 Å². The van der Waals surface area contributed by atoms with Gasteiger partial charge in [-0.25, -0.2) is 0 Å². The Kier molecular flexibility index (Phi) is 3.99. The molecular weight excluding hydrogens is 270 g/mol. The van der Waals surface area contributed by atoms with E-state index >= 15 is 0 Å². The molecule has 6 heteroatoms. The summed E-state index contributed by atoms with van der Waals surface area (Å²) in [4.78, 5) is 11.9. The molecule has 2 rings (SSSR count). The number of rotatable bonds is 4. The molecule has 0 saturated carbocycles. The number of halogens is 1. The Balaban J connectivity index is 1.94.